The first-order chi connectivity index (χ1) is 14.4. The molecule has 1 saturated carbocycles. The Hall–Kier alpha value is -2.31. The van der Waals surface area contributed by atoms with Crippen molar-refractivity contribution in [1.82, 2.24) is 15.0 Å². The van der Waals surface area contributed by atoms with Crippen LogP contribution in [0.1, 0.15) is 70.1 Å². The maximum atomic E-state index is 13.4. The van der Waals surface area contributed by atoms with Crippen molar-refractivity contribution in [1.29, 1.82) is 0 Å². The summed E-state index contributed by atoms with van der Waals surface area (Å²) in [4.78, 5) is 19.2. The van der Waals surface area contributed by atoms with E-state index in [0.717, 1.165) is 38.6 Å². The molecule has 162 valence electrons. The second-order valence-corrected chi connectivity index (χ2v) is 9.13. The van der Waals surface area contributed by atoms with Gasteiger partial charge in [-0.25, -0.2) is 8.78 Å². The topological polar surface area (TPSA) is 59.2 Å². The van der Waals surface area contributed by atoms with Gasteiger partial charge in [0.2, 0.25) is 17.6 Å². The third-order valence-corrected chi connectivity index (χ3v) is 6.73. The van der Waals surface area contributed by atoms with Crippen LogP contribution in [0.15, 0.2) is 28.8 Å². The van der Waals surface area contributed by atoms with Crippen LogP contribution in [0, 0.1) is 11.2 Å². The lowest BCUT2D eigenvalue weighted by Crippen LogP contribution is -2.39. The summed E-state index contributed by atoms with van der Waals surface area (Å²) in [5.41, 5.74) is 0.774. The van der Waals surface area contributed by atoms with E-state index in [1.807, 2.05) is 4.90 Å². The fraction of sp³-hybridized carbons (Fsp3) is 0.609. The number of nitrogens with zero attached hydrogens (tertiary/aromatic N) is 3. The minimum atomic E-state index is -0.675. The fourth-order valence-electron chi connectivity index (χ4n) is 4.62. The molecule has 0 radical (unpaired) electrons. The van der Waals surface area contributed by atoms with Gasteiger partial charge in [0.25, 0.3) is 0 Å². The van der Waals surface area contributed by atoms with E-state index in [-0.39, 0.29) is 23.1 Å². The number of hydrogen-bond acceptors (Lipinski definition) is 4. The van der Waals surface area contributed by atoms with Crippen molar-refractivity contribution in [3.8, 4) is 11.4 Å². The van der Waals surface area contributed by atoms with Crippen molar-refractivity contribution < 1.29 is 18.1 Å². The minimum Gasteiger partial charge on any atom is -0.342 e. The van der Waals surface area contributed by atoms with E-state index in [2.05, 4.69) is 17.1 Å². The van der Waals surface area contributed by atoms with Crippen LogP contribution in [0.25, 0.3) is 11.4 Å². The lowest BCUT2D eigenvalue weighted by molar-refractivity contribution is -0.133. The summed E-state index contributed by atoms with van der Waals surface area (Å²) >= 11 is 0. The second kappa shape index (κ2) is 8.82. The molecule has 1 aromatic carbocycles. The number of amides is 1. The molecule has 5 nitrogen and oxygen atoms in total. The molecule has 0 bridgehead atoms. The molecule has 7 heteroatoms. The van der Waals surface area contributed by atoms with Gasteiger partial charge in [-0.15, -0.1) is 0 Å². The molecule has 2 heterocycles. The third kappa shape index (κ3) is 4.87. The lowest BCUT2D eigenvalue weighted by Gasteiger charge is -2.36. The molecule has 2 aromatic rings. The normalized spacial score (nSPS) is 27.2. The van der Waals surface area contributed by atoms with Crippen LogP contribution in [0.5, 0.6) is 0 Å². The third-order valence-electron chi connectivity index (χ3n) is 6.73. The molecule has 2 fully saturated rings. The number of likely N-dealkylation sites (tertiary alicyclic amines) is 1. The van der Waals surface area contributed by atoms with Crippen molar-refractivity contribution in [3.63, 3.8) is 0 Å². The molecule has 2 aliphatic rings. The van der Waals surface area contributed by atoms with Crippen LogP contribution in [-0.2, 0) is 4.79 Å². The molecule has 1 amide bonds. The summed E-state index contributed by atoms with van der Waals surface area (Å²) in [6.45, 7) is 3.51. The van der Waals surface area contributed by atoms with Gasteiger partial charge in [0.15, 0.2) is 0 Å². The number of carbonyl (C=O) groups excluding carboxylic acids is 1. The molecule has 0 N–H and O–H groups in total. The van der Waals surface area contributed by atoms with Crippen molar-refractivity contribution in [2.24, 2.45) is 5.41 Å². The van der Waals surface area contributed by atoms with Crippen molar-refractivity contribution in [3.05, 3.63) is 36.0 Å². The first-order valence-corrected chi connectivity index (χ1v) is 10.9. The fourth-order valence-corrected chi connectivity index (χ4v) is 4.62. The van der Waals surface area contributed by atoms with Gasteiger partial charge in [0.05, 0.1) is 5.92 Å². The maximum absolute atomic E-state index is 13.4. The van der Waals surface area contributed by atoms with Gasteiger partial charge in [0, 0.05) is 25.1 Å². The molecule has 1 saturated heterocycles. The molecule has 0 unspecified atom stereocenters. The van der Waals surface area contributed by atoms with E-state index >= 15 is 0 Å². The monoisotopic (exact) mass is 417 g/mol. The summed E-state index contributed by atoms with van der Waals surface area (Å²) in [5.74, 6) is 0.823. The van der Waals surface area contributed by atoms with Crippen LogP contribution in [0.2, 0.25) is 0 Å². The predicted molar refractivity (Wildman–Crippen MR) is 109 cm³/mol. The standard InChI is InChI=1S/C23H29F2N3O2/c1-23(11-8-19(25)9-12-23)13-10-20(29)28-14-2-3-17(15-28)22-26-21(27-30-22)16-4-6-18(24)7-5-16/h4-7,17,19H,2-3,8-15H2,1H3/t17-,19?,23?/m0/s1. The van der Waals surface area contributed by atoms with Crippen molar-refractivity contribution in [2.45, 2.75) is 70.4 Å². The number of halogens is 2. The zero-order valence-corrected chi connectivity index (χ0v) is 17.4. The smallest absolute Gasteiger partial charge is 0.231 e. The van der Waals surface area contributed by atoms with Crippen LogP contribution in [0.4, 0.5) is 8.78 Å². The molecule has 1 aromatic heterocycles. The van der Waals surface area contributed by atoms with Gasteiger partial charge in [-0.1, -0.05) is 12.1 Å². The van der Waals surface area contributed by atoms with Crippen LogP contribution in [-0.4, -0.2) is 40.2 Å². The second-order valence-electron chi connectivity index (χ2n) is 9.13. The predicted octanol–water partition coefficient (Wildman–Crippen LogP) is 5.28. The number of rotatable bonds is 5. The summed E-state index contributed by atoms with van der Waals surface area (Å²) in [5, 5.41) is 4.03. The summed E-state index contributed by atoms with van der Waals surface area (Å²) in [6, 6.07) is 5.98. The van der Waals surface area contributed by atoms with Crippen molar-refractivity contribution in [2.75, 3.05) is 13.1 Å². The Balaban J connectivity index is 1.34. The highest BCUT2D eigenvalue weighted by Crippen LogP contribution is 2.41. The highest BCUT2D eigenvalue weighted by atomic mass is 19.1. The molecular weight excluding hydrogens is 388 g/mol. The SMILES string of the molecule is CC1(CCC(=O)N2CCC[C@H](c3nc(-c4ccc(F)cc4)no3)C2)CCC(F)CC1. The molecule has 1 aliphatic carbocycles. The first kappa shape index (κ1) is 20.9. The Labute approximate surface area is 175 Å². The number of benzene rings is 1. The lowest BCUT2D eigenvalue weighted by atomic mass is 9.72. The van der Waals surface area contributed by atoms with Crippen LogP contribution < -0.4 is 0 Å². The summed E-state index contributed by atoms with van der Waals surface area (Å²) < 4.78 is 32.0. The highest BCUT2D eigenvalue weighted by molar-refractivity contribution is 5.76. The molecule has 1 atom stereocenters. The largest absolute Gasteiger partial charge is 0.342 e. The van der Waals surface area contributed by atoms with E-state index in [9.17, 15) is 13.6 Å². The Morgan fingerprint density at radius 1 is 1.23 bits per heavy atom. The average molecular weight is 418 g/mol. The van der Waals surface area contributed by atoms with Gasteiger partial charge < -0.3 is 9.42 Å². The molecule has 4 rings (SSSR count). The quantitative estimate of drug-likeness (QED) is 0.664. The number of piperidine rings is 1. The van der Waals surface area contributed by atoms with Gasteiger partial charge in [-0.05, 0) is 74.6 Å². The number of aromatic nitrogens is 2. The van der Waals surface area contributed by atoms with Gasteiger partial charge >= 0.3 is 0 Å². The zero-order valence-electron chi connectivity index (χ0n) is 17.4. The average Bonchev–Trinajstić information content (AvgIpc) is 3.25. The minimum absolute atomic E-state index is 0.0157. The maximum Gasteiger partial charge on any atom is 0.231 e. The van der Waals surface area contributed by atoms with Crippen molar-refractivity contribution >= 4 is 5.91 Å². The Bertz CT molecular complexity index is 860. The van der Waals surface area contributed by atoms with E-state index in [1.54, 1.807) is 12.1 Å². The Morgan fingerprint density at radius 3 is 2.70 bits per heavy atom. The summed E-state index contributed by atoms with van der Waals surface area (Å²) in [7, 11) is 0. The molecular formula is C23H29F2N3O2. The van der Waals surface area contributed by atoms with E-state index in [1.165, 1.54) is 12.1 Å². The van der Waals surface area contributed by atoms with E-state index < -0.39 is 6.17 Å². The van der Waals surface area contributed by atoms with Gasteiger partial charge in [-0.3, -0.25) is 4.79 Å². The molecule has 0 spiro atoms. The zero-order chi connectivity index (χ0) is 21.1. The Kier molecular flexibility index (Phi) is 6.16. The Morgan fingerprint density at radius 2 is 1.97 bits per heavy atom. The summed E-state index contributed by atoms with van der Waals surface area (Å²) in [6.07, 6.45) is 5.38. The van der Waals surface area contributed by atoms with E-state index in [0.29, 0.717) is 43.1 Å². The molecule has 1 aliphatic heterocycles. The number of hydrogen-bond donors (Lipinski definition) is 0. The molecule has 30 heavy (non-hydrogen) atoms. The first-order valence-electron chi connectivity index (χ1n) is 10.9. The van der Waals surface area contributed by atoms with Gasteiger partial charge in [0.1, 0.15) is 12.0 Å². The van der Waals surface area contributed by atoms with E-state index in [4.69, 9.17) is 4.52 Å². The van der Waals surface area contributed by atoms with Gasteiger partial charge in [-0.2, -0.15) is 4.98 Å². The number of alkyl halides is 1. The van der Waals surface area contributed by atoms with Crippen LogP contribution >= 0.6 is 0 Å². The highest BCUT2D eigenvalue weighted by Gasteiger charge is 2.33. The number of carbonyl (C=O) groups is 1. The van der Waals surface area contributed by atoms with Crippen LogP contribution in [0.3, 0.4) is 0 Å².